The fraction of sp³-hybridized carbons (Fsp3) is 0.381. The van der Waals surface area contributed by atoms with Crippen LogP contribution in [0.3, 0.4) is 0 Å². The number of H-pyrrole nitrogens is 1. The Balaban J connectivity index is 0.000000196. The highest BCUT2D eigenvalue weighted by atomic mass is 35.5. The van der Waals surface area contributed by atoms with Crippen molar-refractivity contribution in [3.63, 3.8) is 0 Å². The summed E-state index contributed by atoms with van der Waals surface area (Å²) in [5, 5.41) is 47.9. The van der Waals surface area contributed by atoms with E-state index in [2.05, 4.69) is 4.98 Å². The van der Waals surface area contributed by atoms with E-state index < -0.39 is 49.1 Å². The third-order valence-corrected chi connectivity index (χ3v) is 5.64. The maximum Gasteiger partial charge on any atom is 0.310 e. The Labute approximate surface area is 182 Å². The number of aliphatic hydroxyl groups excluding tert-OH is 4. The minimum atomic E-state index is -1.35. The molecular formula is C21H25ClN2O7. The molecule has 0 saturated carbocycles. The lowest BCUT2D eigenvalue weighted by atomic mass is 9.98. The Bertz CT molecular complexity index is 1070. The highest BCUT2D eigenvalue weighted by Gasteiger charge is 2.41. The van der Waals surface area contributed by atoms with Gasteiger partial charge in [0.15, 0.2) is 6.29 Å². The normalized spacial score (nSPS) is 27.0. The number of carboxylic acid groups (broad SMARTS) is 1. The number of halogens is 1. The Morgan fingerprint density at radius 3 is 2.48 bits per heavy atom. The Morgan fingerprint density at radius 1 is 1.13 bits per heavy atom. The van der Waals surface area contributed by atoms with Gasteiger partial charge in [0.2, 0.25) is 0 Å². The average Bonchev–Trinajstić information content (AvgIpc) is 3.11. The minimum absolute atomic E-state index is 0.470. The Kier molecular flexibility index (Phi) is 7.17. The fourth-order valence-electron chi connectivity index (χ4n) is 3.42. The molecule has 4 rings (SSSR count). The van der Waals surface area contributed by atoms with Gasteiger partial charge >= 0.3 is 5.97 Å². The van der Waals surface area contributed by atoms with Gasteiger partial charge in [0.05, 0.1) is 18.6 Å². The topological polar surface area (TPSA) is 169 Å². The molecule has 0 bridgehead atoms. The molecule has 1 aromatic heterocycles. The van der Waals surface area contributed by atoms with E-state index >= 15 is 0 Å². The van der Waals surface area contributed by atoms with Crippen molar-refractivity contribution in [2.45, 2.75) is 43.5 Å². The second-order valence-electron chi connectivity index (χ2n) is 7.49. The van der Waals surface area contributed by atoms with Crippen LogP contribution in [0.2, 0.25) is 5.02 Å². The molecule has 31 heavy (non-hydrogen) atoms. The van der Waals surface area contributed by atoms with Crippen molar-refractivity contribution in [3.8, 4) is 0 Å². The van der Waals surface area contributed by atoms with Crippen LogP contribution in [0.25, 0.3) is 21.8 Å². The van der Waals surface area contributed by atoms with Crippen molar-refractivity contribution in [1.29, 1.82) is 0 Å². The quantitative estimate of drug-likeness (QED) is 0.307. The van der Waals surface area contributed by atoms with Gasteiger partial charge in [-0.3, -0.25) is 4.79 Å². The predicted octanol–water partition coefficient (Wildman–Crippen LogP) is 0.908. The van der Waals surface area contributed by atoms with Crippen molar-refractivity contribution < 1.29 is 35.1 Å². The number of benzene rings is 2. The molecule has 6 atom stereocenters. The molecule has 2 heterocycles. The monoisotopic (exact) mass is 452 g/mol. The molecule has 0 spiro atoms. The number of rotatable bonds is 3. The van der Waals surface area contributed by atoms with Gasteiger partial charge in [-0.1, -0.05) is 23.7 Å². The van der Waals surface area contributed by atoms with Crippen molar-refractivity contribution in [3.05, 3.63) is 47.0 Å². The van der Waals surface area contributed by atoms with Crippen LogP contribution in [-0.2, 0) is 9.53 Å². The third-order valence-electron chi connectivity index (χ3n) is 5.40. The molecule has 9 nitrogen and oxygen atoms in total. The number of hydrogen-bond acceptors (Lipinski definition) is 7. The van der Waals surface area contributed by atoms with Gasteiger partial charge in [-0.25, -0.2) is 0 Å². The van der Waals surface area contributed by atoms with Crippen LogP contribution in [0.15, 0.2) is 36.4 Å². The largest absolute Gasteiger partial charge is 0.481 e. The summed E-state index contributed by atoms with van der Waals surface area (Å²) >= 11 is 6.01. The highest BCUT2D eigenvalue weighted by Crippen LogP contribution is 2.30. The van der Waals surface area contributed by atoms with Crippen LogP contribution in [-0.4, -0.2) is 73.7 Å². The second-order valence-corrected chi connectivity index (χ2v) is 7.92. The first kappa shape index (κ1) is 23.4. The summed E-state index contributed by atoms with van der Waals surface area (Å²) in [4.78, 5) is 14.3. The van der Waals surface area contributed by atoms with Crippen molar-refractivity contribution in [1.82, 2.24) is 4.98 Å². The van der Waals surface area contributed by atoms with E-state index in [-0.39, 0.29) is 0 Å². The standard InChI is InChI=1S/C15H12ClNO2.C6H13NO5/c1-8(15(18)19)9-2-4-11-12-7-10(16)3-5-13(12)17-14(11)6-9;7-3-5(10)4(9)2(1-8)12-6(3)11/h2-8,17H,1H3,(H,18,19);2-6,8-11H,1,7H2/t;2-,3-,4-,5-,6-/m.1/s1. The second kappa shape index (κ2) is 9.49. The summed E-state index contributed by atoms with van der Waals surface area (Å²) in [6.45, 7) is 1.21. The highest BCUT2D eigenvalue weighted by molar-refractivity contribution is 6.31. The number of nitrogens with two attached hydrogens (primary N) is 1. The van der Waals surface area contributed by atoms with Crippen LogP contribution < -0.4 is 5.73 Å². The number of aromatic nitrogens is 1. The van der Waals surface area contributed by atoms with Crippen LogP contribution in [0.1, 0.15) is 18.4 Å². The molecule has 2 aromatic carbocycles. The minimum Gasteiger partial charge on any atom is -0.481 e. The van der Waals surface area contributed by atoms with E-state index in [0.717, 1.165) is 27.4 Å². The molecule has 1 aliphatic rings. The zero-order chi connectivity index (χ0) is 22.9. The molecule has 10 heteroatoms. The summed E-state index contributed by atoms with van der Waals surface area (Å²) in [5.74, 6) is -1.34. The van der Waals surface area contributed by atoms with Gasteiger partial charge in [0.1, 0.15) is 18.3 Å². The number of carboxylic acids is 1. The number of aliphatic carboxylic acids is 1. The zero-order valence-electron chi connectivity index (χ0n) is 16.6. The molecule has 168 valence electrons. The van der Waals surface area contributed by atoms with Gasteiger partial charge in [-0.15, -0.1) is 0 Å². The van der Waals surface area contributed by atoms with Gasteiger partial charge in [0, 0.05) is 26.8 Å². The molecule has 0 aliphatic carbocycles. The lowest BCUT2D eigenvalue weighted by molar-refractivity contribution is -0.248. The van der Waals surface area contributed by atoms with E-state index in [1.807, 2.05) is 36.4 Å². The molecule has 1 aliphatic heterocycles. The van der Waals surface area contributed by atoms with Crippen molar-refractivity contribution in [2.75, 3.05) is 6.61 Å². The number of carbonyl (C=O) groups is 1. The molecule has 1 saturated heterocycles. The maximum absolute atomic E-state index is 11.0. The van der Waals surface area contributed by atoms with Crippen LogP contribution in [0.4, 0.5) is 0 Å². The van der Waals surface area contributed by atoms with Gasteiger partial charge < -0.3 is 41.0 Å². The van der Waals surface area contributed by atoms with Crippen LogP contribution in [0, 0.1) is 0 Å². The molecule has 1 unspecified atom stereocenters. The average molecular weight is 453 g/mol. The molecular weight excluding hydrogens is 428 g/mol. The predicted molar refractivity (Wildman–Crippen MR) is 115 cm³/mol. The van der Waals surface area contributed by atoms with Crippen LogP contribution >= 0.6 is 11.6 Å². The summed E-state index contributed by atoms with van der Waals surface area (Å²) in [6, 6.07) is 10.3. The number of hydrogen-bond donors (Lipinski definition) is 7. The smallest absolute Gasteiger partial charge is 0.310 e. The first-order chi connectivity index (χ1) is 14.6. The van der Waals surface area contributed by atoms with Crippen molar-refractivity contribution >= 4 is 39.4 Å². The Hall–Kier alpha value is -2.24. The van der Waals surface area contributed by atoms with E-state index in [0.29, 0.717) is 5.02 Å². The van der Waals surface area contributed by atoms with Gasteiger partial charge in [-0.2, -0.15) is 0 Å². The molecule has 8 N–H and O–H groups in total. The zero-order valence-corrected chi connectivity index (χ0v) is 17.4. The lowest BCUT2D eigenvalue weighted by Crippen LogP contribution is -2.61. The van der Waals surface area contributed by atoms with E-state index in [9.17, 15) is 15.0 Å². The SMILES string of the molecule is CC(C(=O)O)c1ccc2c(c1)[nH]c1ccc(Cl)cc12.N[C@@H]1[C@@H](O)[C@H](O)[C@@H](CO)O[C@H]1O. The number of fused-ring (bicyclic) bond motifs is 3. The van der Waals surface area contributed by atoms with E-state index in [4.69, 9.17) is 37.4 Å². The number of aliphatic hydroxyl groups is 4. The molecule has 1 fully saturated rings. The van der Waals surface area contributed by atoms with Crippen LogP contribution in [0.5, 0.6) is 0 Å². The number of nitrogens with one attached hydrogen (secondary N) is 1. The Morgan fingerprint density at radius 2 is 1.84 bits per heavy atom. The maximum atomic E-state index is 11.0. The van der Waals surface area contributed by atoms with Gasteiger partial charge in [-0.05, 0) is 36.8 Å². The molecule has 3 aromatic rings. The summed E-state index contributed by atoms with van der Waals surface area (Å²) < 4.78 is 4.70. The molecule has 0 amide bonds. The summed E-state index contributed by atoms with van der Waals surface area (Å²) in [5.41, 5.74) is 7.98. The summed E-state index contributed by atoms with van der Waals surface area (Å²) in [6.07, 6.45) is -4.85. The number of aromatic amines is 1. The van der Waals surface area contributed by atoms with Crippen molar-refractivity contribution in [2.24, 2.45) is 5.73 Å². The first-order valence-corrected chi connectivity index (χ1v) is 10.0. The van der Waals surface area contributed by atoms with E-state index in [1.54, 1.807) is 6.92 Å². The van der Waals surface area contributed by atoms with Gasteiger partial charge in [0.25, 0.3) is 0 Å². The summed E-state index contributed by atoms with van der Waals surface area (Å²) in [7, 11) is 0. The van der Waals surface area contributed by atoms with E-state index in [1.165, 1.54) is 0 Å². The molecule has 0 radical (unpaired) electrons. The fourth-order valence-corrected chi connectivity index (χ4v) is 3.60. The number of ether oxygens (including phenoxy) is 1. The third kappa shape index (κ3) is 4.83. The lowest BCUT2D eigenvalue weighted by Gasteiger charge is -2.38. The first-order valence-electron chi connectivity index (χ1n) is 9.63.